The molecule has 0 unspecified atom stereocenters. The van der Waals surface area contributed by atoms with Gasteiger partial charge in [0.15, 0.2) is 0 Å². The van der Waals surface area contributed by atoms with Crippen LogP contribution in [-0.4, -0.2) is 28.6 Å². The molecule has 7 heteroatoms. The van der Waals surface area contributed by atoms with Crippen LogP contribution in [0.5, 0.6) is 5.75 Å². The molecule has 0 bridgehead atoms. The van der Waals surface area contributed by atoms with Gasteiger partial charge in [0.2, 0.25) is 10.0 Å². The van der Waals surface area contributed by atoms with Crippen LogP contribution in [0.25, 0.3) is 0 Å². The van der Waals surface area contributed by atoms with Crippen LogP contribution < -0.4 is 15.2 Å². The van der Waals surface area contributed by atoms with Crippen molar-refractivity contribution >= 4 is 22.4 Å². The number of ether oxygens (including phenoxy) is 1. The molecule has 1 aromatic rings. The SMILES string of the molecule is COc1cc(C)c(S(=O)(=O)NCCCN)cc1C.Cl. The van der Waals surface area contributed by atoms with E-state index in [0.717, 1.165) is 5.56 Å². The average molecular weight is 309 g/mol. The van der Waals surface area contributed by atoms with Crippen LogP contribution in [0.4, 0.5) is 0 Å². The van der Waals surface area contributed by atoms with Gasteiger partial charge < -0.3 is 10.5 Å². The van der Waals surface area contributed by atoms with Crippen molar-refractivity contribution in [1.29, 1.82) is 0 Å². The Morgan fingerprint density at radius 1 is 1.26 bits per heavy atom. The fourth-order valence-corrected chi connectivity index (χ4v) is 3.04. The van der Waals surface area contributed by atoms with Gasteiger partial charge in [-0.15, -0.1) is 12.4 Å². The van der Waals surface area contributed by atoms with Crippen molar-refractivity contribution in [3.8, 4) is 5.75 Å². The van der Waals surface area contributed by atoms with E-state index in [9.17, 15) is 8.42 Å². The Kier molecular flexibility index (Phi) is 7.36. The van der Waals surface area contributed by atoms with E-state index >= 15 is 0 Å². The van der Waals surface area contributed by atoms with E-state index in [2.05, 4.69) is 4.72 Å². The lowest BCUT2D eigenvalue weighted by Crippen LogP contribution is -2.27. The molecule has 3 N–H and O–H groups in total. The first-order valence-corrected chi connectivity index (χ1v) is 7.25. The molecule has 5 nitrogen and oxygen atoms in total. The third kappa shape index (κ3) is 4.65. The Hall–Kier alpha value is -0.820. The summed E-state index contributed by atoms with van der Waals surface area (Å²) in [6, 6.07) is 3.35. The molecule has 0 spiro atoms. The Bertz CT molecular complexity index is 518. The quantitative estimate of drug-likeness (QED) is 0.778. The zero-order chi connectivity index (χ0) is 13.8. The standard InChI is InChI=1S/C12H20N2O3S.ClH/c1-9-8-12(10(2)7-11(9)17-3)18(15,16)14-6-4-5-13;/h7-8,14H,4-6,13H2,1-3H3;1H. The molecular weight excluding hydrogens is 288 g/mol. The van der Waals surface area contributed by atoms with Crippen LogP contribution in [0.3, 0.4) is 0 Å². The van der Waals surface area contributed by atoms with Crippen molar-refractivity contribution in [2.75, 3.05) is 20.2 Å². The van der Waals surface area contributed by atoms with Gasteiger partial charge in [0, 0.05) is 6.54 Å². The number of nitrogens with one attached hydrogen (secondary N) is 1. The number of rotatable bonds is 6. The minimum atomic E-state index is -3.47. The van der Waals surface area contributed by atoms with E-state index in [0.29, 0.717) is 30.8 Å². The number of sulfonamides is 1. The molecule has 0 amide bonds. The molecule has 1 aromatic carbocycles. The van der Waals surface area contributed by atoms with Crippen molar-refractivity contribution in [2.24, 2.45) is 5.73 Å². The molecule has 0 aliphatic rings. The molecule has 0 aromatic heterocycles. The Morgan fingerprint density at radius 3 is 2.42 bits per heavy atom. The van der Waals surface area contributed by atoms with Gasteiger partial charge in [0.1, 0.15) is 5.75 Å². The Labute approximate surface area is 121 Å². The summed E-state index contributed by atoms with van der Waals surface area (Å²) in [4.78, 5) is 0.290. The highest BCUT2D eigenvalue weighted by atomic mass is 35.5. The maximum atomic E-state index is 12.1. The van der Waals surface area contributed by atoms with Gasteiger partial charge in [-0.1, -0.05) is 0 Å². The molecule has 0 aliphatic carbocycles. The molecule has 19 heavy (non-hydrogen) atoms. The molecule has 0 heterocycles. The van der Waals surface area contributed by atoms with E-state index in [4.69, 9.17) is 10.5 Å². The van der Waals surface area contributed by atoms with Crippen LogP contribution in [0.15, 0.2) is 17.0 Å². The van der Waals surface area contributed by atoms with Crippen LogP contribution in [0.1, 0.15) is 17.5 Å². The highest BCUT2D eigenvalue weighted by Gasteiger charge is 2.17. The molecule has 0 saturated heterocycles. The first-order chi connectivity index (χ1) is 8.42. The first-order valence-electron chi connectivity index (χ1n) is 5.77. The molecule has 0 fully saturated rings. The van der Waals surface area contributed by atoms with Gasteiger partial charge in [-0.3, -0.25) is 0 Å². The van der Waals surface area contributed by atoms with Crippen molar-refractivity contribution in [1.82, 2.24) is 4.72 Å². The third-order valence-electron chi connectivity index (χ3n) is 2.65. The predicted octanol–water partition coefficient (Wildman–Crippen LogP) is 1.36. The second kappa shape index (κ2) is 7.69. The minimum absolute atomic E-state index is 0. The number of benzene rings is 1. The van der Waals surface area contributed by atoms with Crippen molar-refractivity contribution in [3.05, 3.63) is 23.3 Å². The van der Waals surface area contributed by atoms with Crippen molar-refractivity contribution < 1.29 is 13.2 Å². The van der Waals surface area contributed by atoms with Gasteiger partial charge in [-0.2, -0.15) is 0 Å². The highest BCUT2D eigenvalue weighted by Crippen LogP contribution is 2.25. The van der Waals surface area contributed by atoms with E-state index in [1.54, 1.807) is 26.2 Å². The Morgan fingerprint density at radius 2 is 1.89 bits per heavy atom. The van der Waals surface area contributed by atoms with Gasteiger partial charge in [0.05, 0.1) is 12.0 Å². The van der Waals surface area contributed by atoms with Crippen LogP contribution in [-0.2, 0) is 10.0 Å². The lowest BCUT2D eigenvalue weighted by atomic mass is 10.1. The third-order valence-corrected chi connectivity index (χ3v) is 4.26. The van der Waals surface area contributed by atoms with Crippen LogP contribution >= 0.6 is 12.4 Å². The summed E-state index contributed by atoms with van der Waals surface area (Å²) < 4.78 is 31.9. The van der Waals surface area contributed by atoms with Crippen molar-refractivity contribution in [3.63, 3.8) is 0 Å². The normalized spacial score (nSPS) is 10.9. The minimum Gasteiger partial charge on any atom is -0.496 e. The fourth-order valence-electron chi connectivity index (χ4n) is 1.66. The summed E-state index contributed by atoms with van der Waals surface area (Å²) in [6.07, 6.45) is 0.618. The molecule has 0 radical (unpaired) electrons. The molecule has 0 saturated carbocycles. The topological polar surface area (TPSA) is 81.4 Å². The molecule has 0 atom stereocenters. The van der Waals surface area contributed by atoms with Crippen molar-refractivity contribution in [2.45, 2.75) is 25.2 Å². The van der Waals surface area contributed by atoms with Gasteiger partial charge in [-0.25, -0.2) is 13.1 Å². The molecule has 0 aliphatic heterocycles. The summed E-state index contributed by atoms with van der Waals surface area (Å²) >= 11 is 0. The van der Waals surface area contributed by atoms with Gasteiger partial charge in [-0.05, 0) is 50.1 Å². The summed E-state index contributed by atoms with van der Waals surface area (Å²) in [5, 5.41) is 0. The molecule has 110 valence electrons. The average Bonchev–Trinajstić information content (AvgIpc) is 2.31. The number of hydrogen-bond acceptors (Lipinski definition) is 4. The lowest BCUT2D eigenvalue weighted by Gasteiger charge is -2.12. The number of methoxy groups -OCH3 is 1. The summed E-state index contributed by atoms with van der Waals surface area (Å²) in [5.41, 5.74) is 6.80. The summed E-state index contributed by atoms with van der Waals surface area (Å²) in [6.45, 7) is 4.38. The zero-order valence-corrected chi connectivity index (χ0v) is 13.0. The maximum Gasteiger partial charge on any atom is 0.240 e. The van der Waals surface area contributed by atoms with E-state index in [1.807, 2.05) is 6.92 Å². The second-order valence-corrected chi connectivity index (χ2v) is 5.86. The number of aryl methyl sites for hydroxylation is 2. The molecule has 1 rings (SSSR count). The van der Waals surface area contributed by atoms with E-state index in [1.165, 1.54) is 0 Å². The highest BCUT2D eigenvalue weighted by molar-refractivity contribution is 7.89. The molecular formula is C12H21ClN2O3S. The predicted molar refractivity (Wildman–Crippen MR) is 78.6 cm³/mol. The monoisotopic (exact) mass is 308 g/mol. The largest absolute Gasteiger partial charge is 0.496 e. The smallest absolute Gasteiger partial charge is 0.240 e. The van der Waals surface area contributed by atoms with E-state index in [-0.39, 0.29) is 17.3 Å². The van der Waals surface area contributed by atoms with E-state index < -0.39 is 10.0 Å². The first kappa shape index (κ1) is 18.2. The second-order valence-electron chi connectivity index (χ2n) is 4.13. The van der Waals surface area contributed by atoms with Gasteiger partial charge >= 0.3 is 0 Å². The van der Waals surface area contributed by atoms with Crippen LogP contribution in [0, 0.1) is 13.8 Å². The van der Waals surface area contributed by atoms with Crippen LogP contribution in [0.2, 0.25) is 0 Å². The Balaban J connectivity index is 0.00000324. The summed E-state index contributed by atoms with van der Waals surface area (Å²) in [7, 11) is -1.91. The summed E-state index contributed by atoms with van der Waals surface area (Å²) in [5.74, 6) is 0.688. The number of halogens is 1. The number of hydrogen-bond donors (Lipinski definition) is 2. The maximum absolute atomic E-state index is 12.1. The lowest BCUT2D eigenvalue weighted by molar-refractivity contribution is 0.411. The van der Waals surface area contributed by atoms with Gasteiger partial charge in [0.25, 0.3) is 0 Å². The zero-order valence-electron chi connectivity index (χ0n) is 11.4. The number of nitrogens with two attached hydrogens (primary N) is 1. The fraction of sp³-hybridized carbons (Fsp3) is 0.500.